The van der Waals surface area contributed by atoms with Gasteiger partial charge in [-0.05, 0) is 37.5 Å². The van der Waals surface area contributed by atoms with E-state index in [-0.39, 0.29) is 16.6 Å². The van der Waals surface area contributed by atoms with Gasteiger partial charge in [-0.25, -0.2) is 13.1 Å². The molecule has 1 atom stereocenters. The average Bonchev–Trinajstić information content (AvgIpc) is 2.99. The van der Waals surface area contributed by atoms with Gasteiger partial charge in [0, 0.05) is 11.1 Å². The summed E-state index contributed by atoms with van der Waals surface area (Å²) in [6.45, 7) is 1.88. The summed E-state index contributed by atoms with van der Waals surface area (Å²) in [6, 6.07) is 4.33. The molecule has 0 bridgehead atoms. The van der Waals surface area contributed by atoms with Gasteiger partial charge in [-0.1, -0.05) is 24.4 Å². The lowest BCUT2D eigenvalue weighted by Crippen LogP contribution is -2.33. The third-order valence-corrected chi connectivity index (χ3v) is 4.90. The number of sulfonamides is 1. The lowest BCUT2D eigenvalue weighted by Gasteiger charge is -2.15. The maximum absolute atomic E-state index is 12.1. The molecule has 0 aromatic heterocycles. The van der Waals surface area contributed by atoms with Crippen molar-refractivity contribution >= 4 is 27.3 Å². The van der Waals surface area contributed by atoms with Crippen LogP contribution in [0.1, 0.15) is 26.2 Å². The maximum Gasteiger partial charge on any atom is 0.242 e. The van der Waals surface area contributed by atoms with Crippen molar-refractivity contribution in [3.63, 3.8) is 0 Å². The van der Waals surface area contributed by atoms with Gasteiger partial charge in [-0.2, -0.15) is 0 Å². The van der Waals surface area contributed by atoms with Crippen LogP contribution in [0.4, 0.5) is 5.69 Å². The van der Waals surface area contributed by atoms with Crippen molar-refractivity contribution in [1.82, 2.24) is 4.72 Å². The van der Waals surface area contributed by atoms with Gasteiger partial charge in [0.1, 0.15) is 4.90 Å². The van der Waals surface area contributed by atoms with Crippen LogP contribution in [-0.4, -0.2) is 14.5 Å². The summed E-state index contributed by atoms with van der Waals surface area (Å²) in [5.41, 5.74) is 5.87. The first kappa shape index (κ1) is 13.6. The van der Waals surface area contributed by atoms with E-state index < -0.39 is 10.0 Å². The van der Waals surface area contributed by atoms with Crippen LogP contribution >= 0.6 is 11.6 Å². The predicted molar refractivity (Wildman–Crippen MR) is 73.0 cm³/mol. The molecule has 18 heavy (non-hydrogen) atoms. The van der Waals surface area contributed by atoms with E-state index in [1.165, 1.54) is 31.0 Å². The molecule has 1 aliphatic carbocycles. The summed E-state index contributed by atoms with van der Waals surface area (Å²) in [5.74, 6) is 0.672. The summed E-state index contributed by atoms with van der Waals surface area (Å²) in [7, 11) is -3.56. The molecular weight excluding hydrogens is 272 g/mol. The second kappa shape index (κ2) is 5.07. The molecule has 3 N–H and O–H groups in total. The first-order valence-corrected chi connectivity index (χ1v) is 7.82. The van der Waals surface area contributed by atoms with Gasteiger partial charge in [0.05, 0.1) is 5.69 Å². The monoisotopic (exact) mass is 288 g/mol. The molecule has 1 aliphatic rings. The Balaban J connectivity index is 2.13. The van der Waals surface area contributed by atoms with Gasteiger partial charge in [0.25, 0.3) is 0 Å². The van der Waals surface area contributed by atoms with Crippen molar-refractivity contribution < 1.29 is 8.42 Å². The van der Waals surface area contributed by atoms with Crippen molar-refractivity contribution in [1.29, 1.82) is 0 Å². The summed E-state index contributed by atoms with van der Waals surface area (Å²) in [6.07, 6.45) is 3.29. The van der Waals surface area contributed by atoms with Crippen LogP contribution in [-0.2, 0) is 10.0 Å². The van der Waals surface area contributed by atoms with Crippen molar-refractivity contribution in [2.24, 2.45) is 5.92 Å². The molecule has 6 heteroatoms. The smallest absolute Gasteiger partial charge is 0.242 e. The Morgan fingerprint density at radius 3 is 2.72 bits per heavy atom. The molecule has 4 nitrogen and oxygen atoms in total. The molecular formula is C12H17ClN2O2S. The van der Waals surface area contributed by atoms with Crippen LogP contribution < -0.4 is 10.5 Å². The Morgan fingerprint density at radius 1 is 1.50 bits per heavy atom. The van der Waals surface area contributed by atoms with E-state index >= 15 is 0 Å². The fraction of sp³-hybridized carbons (Fsp3) is 0.500. The second-order valence-corrected chi connectivity index (χ2v) is 7.00. The van der Waals surface area contributed by atoms with Crippen molar-refractivity contribution in [3.05, 3.63) is 23.2 Å². The normalized spacial score (nSPS) is 17.7. The maximum atomic E-state index is 12.1. The minimum atomic E-state index is -3.56. The van der Waals surface area contributed by atoms with E-state index in [0.717, 1.165) is 6.42 Å². The number of nitrogens with one attached hydrogen (secondary N) is 1. The summed E-state index contributed by atoms with van der Waals surface area (Å²) in [5, 5.41) is 0.428. The van der Waals surface area contributed by atoms with Crippen molar-refractivity contribution in [2.45, 2.75) is 37.1 Å². The molecule has 1 aromatic carbocycles. The van der Waals surface area contributed by atoms with Gasteiger partial charge >= 0.3 is 0 Å². The van der Waals surface area contributed by atoms with Crippen LogP contribution in [0.2, 0.25) is 5.02 Å². The summed E-state index contributed by atoms with van der Waals surface area (Å²) >= 11 is 5.75. The first-order valence-electron chi connectivity index (χ1n) is 5.96. The van der Waals surface area contributed by atoms with E-state index in [9.17, 15) is 8.42 Å². The average molecular weight is 289 g/mol. The number of halogens is 1. The highest BCUT2D eigenvalue weighted by atomic mass is 35.5. The van der Waals surface area contributed by atoms with Gasteiger partial charge in [0.2, 0.25) is 10.0 Å². The van der Waals surface area contributed by atoms with Crippen LogP contribution in [0.15, 0.2) is 23.1 Å². The van der Waals surface area contributed by atoms with Crippen molar-refractivity contribution in [3.8, 4) is 0 Å². The van der Waals surface area contributed by atoms with Gasteiger partial charge in [0.15, 0.2) is 0 Å². The number of rotatable bonds is 5. The molecule has 1 unspecified atom stereocenters. The van der Waals surface area contributed by atoms with E-state index in [4.69, 9.17) is 17.3 Å². The lowest BCUT2D eigenvalue weighted by atomic mass is 10.2. The highest BCUT2D eigenvalue weighted by Gasteiger charge is 2.26. The molecule has 100 valence electrons. The Bertz CT molecular complexity index is 541. The molecule has 1 saturated carbocycles. The van der Waals surface area contributed by atoms with Crippen LogP contribution in [0.5, 0.6) is 0 Å². The Labute approximate surface area is 113 Å². The number of nitrogen functional groups attached to an aromatic ring is 1. The summed E-state index contributed by atoms with van der Waals surface area (Å²) < 4.78 is 26.9. The minimum absolute atomic E-state index is 0.0717. The predicted octanol–water partition coefficient (Wildman–Crippen LogP) is 2.39. The topological polar surface area (TPSA) is 72.2 Å². The van der Waals surface area contributed by atoms with Crippen molar-refractivity contribution in [2.75, 3.05) is 5.73 Å². The second-order valence-electron chi connectivity index (χ2n) is 4.88. The third-order valence-electron chi connectivity index (χ3n) is 3.00. The molecule has 2 rings (SSSR count). The van der Waals surface area contributed by atoms with Crippen LogP contribution in [0, 0.1) is 5.92 Å². The Kier molecular flexibility index (Phi) is 3.84. The molecule has 1 aromatic rings. The molecule has 0 aliphatic heterocycles. The van der Waals surface area contributed by atoms with Gasteiger partial charge in [-0.15, -0.1) is 0 Å². The highest BCUT2D eigenvalue weighted by Crippen LogP contribution is 2.33. The molecule has 0 saturated heterocycles. The SMILES string of the molecule is CC(CC1CC1)NS(=O)(=O)c1ccc(Cl)cc1N. The highest BCUT2D eigenvalue weighted by molar-refractivity contribution is 7.89. The number of hydrogen-bond donors (Lipinski definition) is 2. The minimum Gasteiger partial charge on any atom is -0.398 e. The standard InChI is InChI=1S/C12H17ClN2O2S/c1-8(6-9-2-3-9)15-18(16,17)12-5-4-10(13)7-11(12)14/h4-5,7-9,15H,2-3,6,14H2,1H3. The van der Waals surface area contributed by atoms with Crippen LogP contribution in [0.3, 0.4) is 0 Å². The van der Waals surface area contributed by atoms with E-state index in [0.29, 0.717) is 10.9 Å². The fourth-order valence-corrected chi connectivity index (χ4v) is 3.54. The zero-order chi connectivity index (χ0) is 13.3. The van der Waals surface area contributed by atoms with Gasteiger partial charge < -0.3 is 5.73 Å². The molecule has 1 fully saturated rings. The zero-order valence-electron chi connectivity index (χ0n) is 10.2. The molecule has 0 amide bonds. The first-order chi connectivity index (χ1) is 8.38. The zero-order valence-corrected chi connectivity index (χ0v) is 11.8. The Hall–Kier alpha value is -0.780. The third kappa shape index (κ3) is 3.37. The molecule has 0 radical (unpaired) electrons. The largest absolute Gasteiger partial charge is 0.398 e. The van der Waals surface area contributed by atoms with Gasteiger partial charge in [-0.3, -0.25) is 0 Å². The Morgan fingerprint density at radius 2 is 2.17 bits per heavy atom. The number of anilines is 1. The molecule has 0 heterocycles. The van der Waals surface area contributed by atoms with E-state index in [2.05, 4.69) is 4.72 Å². The van der Waals surface area contributed by atoms with E-state index in [1.807, 2.05) is 6.92 Å². The number of nitrogens with two attached hydrogens (primary N) is 1. The lowest BCUT2D eigenvalue weighted by molar-refractivity contribution is 0.530. The van der Waals surface area contributed by atoms with Crippen LogP contribution in [0.25, 0.3) is 0 Å². The number of benzene rings is 1. The molecule has 0 spiro atoms. The van der Waals surface area contributed by atoms with E-state index in [1.54, 1.807) is 0 Å². The number of hydrogen-bond acceptors (Lipinski definition) is 3. The quantitative estimate of drug-likeness (QED) is 0.817. The summed E-state index contributed by atoms with van der Waals surface area (Å²) in [4.78, 5) is 0.0922. The fourth-order valence-electron chi connectivity index (χ4n) is 1.99.